The van der Waals surface area contributed by atoms with Crippen LogP contribution < -0.4 is 5.32 Å². The molecule has 20 heavy (non-hydrogen) atoms. The Labute approximate surface area is 120 Å². The zero-order valence-electron chi connectivity index (χ0n) is 11.3. The highest BCUT2D eigenvalue weighted by atomic mass is 32.1. The molecule has 1 aromatic carbocycles. The lowest BCUT2D eigenvalue weighted by Gasteiger charge is -2.08. The third-order valence-electron chi connectivity index (χ3n) is 2.97. The molecule has 0 atom stereocenters. The van der Waals surface area contributed by atoms with Gasteiger partial charge >= 0.3 is 0 Å². The third-order valence-corrected chi connectivity index (χ3v) is 3.90. The molecule has 6 heteroatoms. The zero-order chi connectivity index (χ0) is 13.9. The number of hydrogen-bond acceptors (Lipinski definition) is 6. The third kappa shape index (κ3) is 2.55. The number of thiazole rings is 1. The van der Waals surface area contributed by atoms with Crippen molar-refractivity contribution in [1.82, 2.24) is 15.1 Å². The Bertz CT molecular complexity index is 719. The Morgan fingerprint density at radius 2 is 2.10 bits per heavy atom. The highest BCUT2D eigenvalue weighted by Crippen LogP contribution is 2.27. The van der Waals surface area contributed by atoms with E-state index in [0.717, 1.165) is 23.5 Å². The van der Waals surface area contributed by atoms with E-state index in [0.29, 0.717) is 11.7 Å². The maximum atomic E-state index is 5.24. The number of anilines is 1. The van der Waals surface area contributed by atoms with Crippen molar-refractivity contribution in [2.45, 2.75) is 20.4 Å². The van der Waals surface area contributed by atoms with E-state index < -0.39 is 0 Å². The minimum Gasteiger partial charge on any atom is -0.379 e. The summed E-state index contributed by atoms with van der Waals surface area (Å²) in [6.07, 6.45) is 0. The summed E-state index contributed by atoms with van der Waals surface area (Å²) < 4.78 is 5.24. The Hall–Kier alpha value is -2.21. The Balaban J connectivity index is 1.85. The molecule has 0 aliphatic carbocycles. The largest absolute Gasteiger partial charge is 0.379 e. The van der Waals surface area contributed by atoms with Crippen LogP contribution in [0.5, 0.6) is 0 Å². The number of hydrogen-bond donors (Lipinski definition) is 1. The van der Waals surface area contributed by atoms with E-state index in [1.165, 1.54) is 4.88 Å². The number of nitrogens with one attached hydrogen (secondary N) is 1. The molecule has 0 radical (unpaired) electrons. The van der Waals surface area contributed by atoms with Gasteiger partial charge in [0.1, 0.15) is 0 Å². The molecule has 0 spiro atoms. The quantitative estimate of drug-likeness (QED) is 0.796. The van der Waals surface area contributed by atoms with E-state index in [2.05, 4.69) is 20.4 Å². The fourth-order valence-electron chi connectivity index (χ4n) is 1.90. The van der Waals surface area contributed by atoms with Gasteiger partial charge in [-0.2, -0.15) is 4.98 Å². The molecule has 0 saturated carbocycles. The van der Waals surface area contributed by atoms with Gasteiger partial charge in [0.2, 0.25) is 0 Å². The Kier molecular flexibility index (Phi) is 3.47. The number of aromatic nitrogens is 3. The van der Waals surface area contributed by atoms with Gasteiger partial charge in [-0.3, -0.25) is 0 Å². The average molecular weight is 286 g/mol. The molecular formula is C14H14N4OS. The van der Waals surface area contributed by atoms with Crippen molar-refractivity contribution in [3.63, 3.8) is 0 Å². The number of nitrogens with zero attached hydrogens (tertiary/aromatic N) is 3. The van der Waals surface area contributed by atoms with Crippen LogP contribution >= 0.6 is 11.3 Å². The highest BCUT2D eigenvalue weighted by molar-refractivity contribution is 7.09. The van der Waals surface area contributed by atoms with Gasteiger partial charge in [0.15, 0.2) is 5.82 Å². The van der Waals surface area contributed by atoms with Crippen LogP contribution in [0.1, 0.15) is 16.4 Å². The second-order valence-electron chi connectivity index (χ2n) is 4.41. The van der Waals surface area contributed by atoms with Crippen molar-refractivity contribution in [3.05, 3.63) is 46.2 Å². The molecule has 0 aliphatic rings. The van der Waals surface area contributed by atoms with Gasteiger partial charge in [-0.05, 0) is 26.0 Å². The number of rotatable bonds is 4. The molecule has 0 fully saturated rings. The zero-order valence-corrected chi connectivity index (χ0v) is 12.1. The van der Waals surface area contributed by atoms with Gasteiger partial charge < -0.3 is 9.84 Å². The molecule has 0 amide bonds. The first-order valence-corrected chi connectivity index (χ1v) is 7.14. The van der Waals surface area contributed by atoms with Gasteiger partial charge in [0.25, 0.3) is 5.89 Å². The number of benzene rings is 1. The molecular weight excluding hydrogens is 272 g/mol. The smallest absolute Gasteiger partial charge is 0.260 e. The Morgan fingerprint density at radius 1 is 1.25 bits per heavy atom. The minimum atomic E-state index is 0.534. The van der Waals surface area contributed by atoms with Crippen LogP contribution in [-0.4, -0.2) is 15.1 Å². The normalized spacial score (nSPS) is 10.7. The molecule has 102 valence electrons. The van der Waals surface area contributed by atoms with Crippen LogP contribution in [0.3, 0.4) is 0 Å². The fourth-order valence-corrected chi connectivity index (χ4v) is 2.62. The first-order chi connectivity index (χ1) is 9.74. The van der Waals surface area contributed by atoms with Gasteiger partial charge in [-0.1, -0.05) is 17.3 Å². The van der Waals surface area contributed by atoms with Crippen molar-refractivity contribution in [2.75, 3.05) is 5.32 Å². The maximum absolute atomic E-state index is 5.24. The summed E-state index contributed by atoms with van der Waals surface area (Å²) in [5.41, 5.74) is 4.81. The predicted octanol–water partition coefficient (Wildman–Crippen LogP) is 3.42. The van der Waals surface area contributed by atoms with Crippen LogP contribution in [0.4, 0.5) is 5.69 Å². The summed E-state index contributed by atoms with van der Waals surface area (Å²) in [5.74, 6) is 1.17. The van der Waals surface area contributed by atoms with E-state index in [9.17, 15) is 0 Å². The molecule has 2 aromatic heterocycles. The van der Waals surface area contributed by atoms with Crippen LogP contribution in [-0.2, 0) is 6.54 Å². The summed E-state index contributed by atoms with van der Waals surface area (Å²) in [6, 6.07) is 7.91. The van der Waals surface area contributed by atoms with E-state index >= 15 is 0 Å². The molecule has 2 heterocycles. The van der Waals surface area contributed by atoms with E-state index in [1.807, 2.05) is 43.6 Å². The maximum Gasteiger partial charge on any atom is 0.260 e. The lowest BCUT2D eigenvalue weighted by atomic mass is 10.1. The second-order valence-corrected chi connectivity index (χ2v) is 5.35. The highest BCUT2D eigenvalue weighted by Gasteiger charge is 2.11. The first kappa shape index (κ1) is 12.8. The van der Waals surface area contributed by atoms with Crippen LogP contribution in [0.2, 0.25) is 0 Å². The topological polar surface area (TPSA) is 63.8 Å². The van der Waals surface area contributed by atoms with Crippen molar-refractivity contribution < 1.29 is 4.52 Å². The lowest BCUT2D eigenvalue weighted by Crippen LogP contribution is -2.00. The molecule has 0 aliphatic heterocycles. The van der Waals surface area contributed by atoms with Gasteiger partial charge in [-0.25, -0.2) is 4.98 Å². The molecule has 3 aromatic rings. The van der Waals surface area contributed by atoms with Crippen molar-refractivity contribution >= 4 is 17.0 Å². The van der Waals surface area contributed by atoms with Crippen LogP contribution in [0, 0.1) is 13.8 Å². The minimum absolute atomic E-state index is 0.534. The molecule has 0 bridgehead atoms. The Morgan fingerprint density at radius 3 is 2.80 bits per heavy atom. The molecule has 0 unspecified atom stereocenters. The monoisotopic (exact) mass is 286 g/mol. The van der Waals surface area contributed by atoms with Gasteiger partial charge in [0.05, 0.1) is 23.3 Å². The second kappa shape index (κ2) is 5.42. The molecule has 3 rings (SSSR count). The van der Waals surface area contributed by atoms with Gasteiger partial charge in [-0.15, -0.1) is 11.3 Å². The number of para-hydroxylation sites is 1. The van der Waals surface area contributed by atoms with Crippen LogP contribution in [0.25, 0.3) is 11.5 Å². The van der Waals surface area contributed by atoms with E-state index in [1.54, 1.807) is 11.3 Å². The summed E-state index contributed by atoms with van der Waals surface area (Å²) in [5, 5.41) is 7.24. The van der Waals surface area contributed by atoms with Crippen molar-refractivity contribution in [1.29, 1.82) is 0 Å². The van der Waals surface area contributed by atoms with Crippen molar-refractivity contribution in [2.24, 2.45) is 0 Å². The SMILES string of the molecule is Cc1noc(-c2ccccc2NCc2scnc2C)n1. The standard InChI is InChI=1S/C14H14N4OS/c1-9-13(20-8-16-9)7-15-12-6-4-3-5-11(12)14-17-10(2)18-19-14/h3-6,8,15H,7H2,1-2H3. The fraction of sp³-hybridized carbons (Fsp3) is 0.214. The first-order valence-electron chi connectivity index (χ1n) is 6.26. The van der Waals surface area contributed by atoms with E-state index in [4.69, 9.17) is 4.52 Å². The average Bonchev–Trinajstić information content (AvgIpc) is 3.06. The van der Waals surface area contributed by atoms with Crippen LogP contribution in [0.15, 0.2) is 34.3 Å². The molecule has 1 N–H and O–H groups in total. The summed E-state index contributed by atoms with van der Waals surface area (Å²) >= 11 is 1.65. The molecule has 0 saturated heterocycles. The lowest BCUT2D eigenvalue weighted by molar-refractivity contribution is 0.426. The van der Waals surface area contributed by atoms with Crippen molar-refractivity contribution in [3.8, 4) is 11.5 Å². The van der Waals surface area contributed by atoms with E-state index in [-0.39, 0.29) is 0 Å². The van der Waals surface area contributed by atoms with Gasteiger partial charge in [0, 0.05) is 10.6 Å². The summed E-state index contributed by atoms with van der Waals surface area (Å²) in [4.78, 5) is 9.75. The number of aryl methyl sites for hydroxylation is 2. The molecule has 5 nitrogen and oxygen atoms in total. The predicted molar refractivity (Wildman–Crippen MR) is 78.6 cm³/mol. The summed E-state index contributed by atoms with van der Waals surface area (Å²) in [6.45, 7) is 4.56. The summed E-state index contributed by atoms with van der Waals surface area (Å²) in [7, 11) is 0.